The van der Waals surface area contributed by atoms with Crippen LogP contribution in [-0.2, 0) is 12.0 Å². The largest absolute Gasteiger partial charge is 0.377 e. The first-order chi connectivity index (χ1) is 17.0. The van der Waals surface area contributed by atoms with Crippen molar-refractivity contribution in [1.29, 1.82) is 0 Å². The lowest BCUT2D eigenvalue weighted by atomic mass is 9.86. The summed E-state index contributed by atoms with van der Waals surface area (Å²) in [6.07, 6.45) is 12.6. The van der Waals surface area contributed by atoms with E-state index in [1.165, 1.54) is 29.5 Å². The van der Waals surface area contributed by atoms with Crippen molar-refractivity contribution < 1.29 is 9.32 Å². The third kappa shape index (κ3) is 4.99. The first-order valence-corrected chi connectivity index (χ1v) is 12.5. The third-order valence-electron chi connectivity index (χ3n) is 7.34. The average Bonchev–Trinajstić information content (AvgIpc) is 3.41. The molecule has 35 heavy (non-hydrogen) atoms. The van der Waals surface area contributed by atoms with E-state index in [4.69, 9.17) is 4.52 Å². The second-order valence-corrected chi connectivity index (χ2v) is 10.1. The number of carbonyl (C=O) groups excluding carboxylic acids is 1. The maximum atomic E-state index is 12.6. The van der Waals surface area contributed by atoms with Crippen LogP contribution in [0.3, 0.4) is 0 Å². The van der Waals surface area contributed by atoms with Crippen molar-refractivity contribution in [3.8, 4) is 11.1 Å². The summed E-state index contributed by atoms with van der Waals surface area (Å²) in [7, 11) is 0. The zero-order chi connectivity index (χ0) is 24.4. The smallest absolute Gasteiger partial charge is 0.292 e. The Balaban J connectivity index is 1.29. The second-order valence-electron chi connectivity index (χ2n) is 10.1. The molecule has 7 nitrogen and oxygen atoms in total. The van der Waals surface area contributed by atoms with Crippen molar-refractivity contribution >= 4 is 5.91 Å². The molecule has 0 spiro atoms. The Morgan fingerprint density at radius 1 is 1.31 bits per heavy atom. The zero-order valence-electron chi connectivity index (χ0n) is 20.8. The van der Waals surface area contributed by atoms with Gasteiger partial charge in [-0.1, -0.05) is 36.4 Å². The lowest BCUT2D eigenvalue weighted by Gasteiger charge is -2.33. The molecule has 1 saturated heterocycles. The van der Waals surface area contributed by atoms with Gasteiger partial charge in [-0.05, 0) is 79.6 Å². The van der Waals surface area contributed by atoms with Crippen molar-refractivity contribution in [3.63, 3.8) is 0 Å². The monoisotopic (exact) mass is 471 g/mol. The number of hydrogen-bond donors (Lipinski definition) is 1. The fraction of sp³-hybridized carbons (Fsp3) is 0.429. The molecule has 1 amide bonds. The van der Waals surface area contributed by atoms with E-state index < -0.39 is 0 Å². The maximum absolute atomic E-state index is 12.6. The van der Waals surface area contributed by atoms with Gasteiger partial charge in [0.05, 0.1) is 0 Å². The highest BCUT2D eigenvalue weighted by molar-refractivity contribution is 5.90. The predicted octanol–water partition coefficient (Wildman–Crippen LogP) is 5.13. The van der Waals surface area contributed by atoms with Crippen LogP contribution >= 0.6 is 0 Å². The number of hydrogen-bond acceptors (Lipinski definition) is 6. The fourth-order valence-corrected chi connectivity index (χ4v) is 4.88. The molecule has 2 aliphatic rings. The highest BCUT2D eigenvalue weighted by Crippen LogP contribution is 2.46. The Labute approximate surface area is 206 Å². The van der Waals surface area contributed by atoms with Crippen LogP contribution in [0.5, 0.6) is 0 Å². The summed E-state index contributed by atoms with van der Waals surface area (Å²) in [6.45, 7) is 8.77. The summed E-state index contributed by atoms with van der Waals surface area (Å²) >= 11 is 0. The molecule has 1 aromatic carbocycles. The number of carbonyl (C=O) groups is 1. The number of allylic oxidation sites excluding steroid dienone is 1. The van der Waals surface area contributed by atoms with E-state index >= 15 is 0 Å². The van der Waals surface area contributed by atoms with Gasteiger partial charge in [-0.25, -0.2) is 0 Å². The van der Waals surface area contributed by atoms with Crippen molar-refractivity contribution in [2.24, 2.45) is 0 Å². The number of aryl methyl sites for hydroxylation is 1. The van der Waals surface area contributed by atoms with Gasteiger partial charge in [0.25, 0.3) is 11.7 Å². The molecule has 3 aromatic rings. The van der Waals surface area contributed by atoms with Crippen molar-refractivity contribution in [2.45, 2.75) is 64.3 Å². The standard InChI is InChI=1S/C28H33N5O2/c1-4-13-33-14-5-6-22(18-33)24-17-29-12-9-23(24)20-7-8-21(19(2)15-20)16-30-26(34)25-31-27(35-32-25)28(3)10-11-28/h4,7-9,12-13,15,17,22H,5-6,10-11,14,16,18H2,1-3H3,(H,30,34)/t22-/m0/s1. The van der Waals surface area contributed by atoms with Crippen LogP contribution in [-0.4, -0.2) is 39.0 Å². The molecule has 1 aliphatic heterocycles. The number of likely N-dealkylation sites (tertiary alicyclic amines) is 1. The number of pyridine rings is 1. The van der Waals surface area contributed by atoms with Gasteiger partial charge in [-0.3, -0.25) is 9.78 Å². The molecular formula is C28H33N5O2. The Morgan fingerprint density at radius 2 is 2.17 bits per heavy atom. The van der Waals surface area contributed by atoms with Gasteiger partial charge in [0.15, 0.2) is 0 Å². The molecule has 1 aliphatic carbocycles. The molecule has 1 atom stereocenters. The van der Waals surface area contributed by atoms with E-state index in [1.54, 1.807) is 0 Å². The van der Waals surface area contributed by atoms with Crippen LogP contribution in [0.15, 0.2) is 53.5 Å². The van der Waals surface area contributed by atoms with Gasteiger partial charge in [0, 0.05) is 43.4 Å². The number of amides is 1. The first-order valence-electron chi connectivity index (χ1n) is 12.5. The molecule has 2 fully saturated rings. The SMILES string of the molecule is CC=CN1CCC[C@H](c2cnccc2-c2ccc(CNC(=O)c3noc(C4(C)CC4)n3)c(C)c2)C1. The Hall–Kier alpha value is -3.48. The van der Waals surface area contributed by atoms with E-state index in [0.717, 1.165) is 37.1 Å². The Morgan fingerprint density at radius 3 is 2.94 bits per heavy atom. The quantitative estimate of drug-likeness (QED) is 0.514. The molecule has 3 heterocycles. The number of nitrogens with one attached hydrogen (secondary N) is 1. The number of piperidine rings is 1. The highest BCUT2D eigenvalue weighted by atomic mass is 16.5. The molecule has 182 valence electrons. The van der Waals surface area contributed by atoms with Crippen molar-refractivity contribution in [1.82, 2.24) is 25.3 Å². The fourth-order valence-electron chi connectivity index (χ4n) is 4.88. The number of aromatic nitrogens is 3. The third-order valence-corrected chi connectivity index (χ3v) is 7.34. The number of rotatable bonds is 7. The minimum atomic E-state index is -0.313. The van der Waals surface area contributed by atoms with Crippen LogP contribution in [0.2, 0.25) is 0 Å². The van der Waals surface area contributed by atoms with Gasteiger partial charge in [0.1, 0.15) is 0 Å². The molecule has 7 heteroatoms. The maximum Gasteiger partial charge on any atom is 0.292 e. The zero-order valence-corrected chi connectivity index (χ0v) is 20.8. The predicted molar refractivity (Wildman–Crippen MR) is 135 cm³/mol. The van der Waals surface area contributed by atoms with E-state index in [0.29, 0.717) is 18.4 Å². The van der Waals surface area contributed by atoms with Crippen LogP contribution < -0.4 is 5.32 Å². The normalized spacial score (nSPS) is 19.2. The second kappa shape index (κ2) is 9.64. The van der Waals surface area contributed by atoms with Gasteiger partial charge in [-0.15, -0.1) is 0 Å². The lowest BCUT2D eigenvalue weighted by Crippen LogP contribution is -2.30. The molecular weight excluding hydrogens is 438 g/mol. The van der Waals surface area contributed by atoms with Crippen LogP contribution in [0, 0.1) is 6.92 Å². The number of nitrogens with zero attached hydrogens (tertiary/aromatic N) is 4. The van der Waals surface area contributed by atoms with Gasteiger partial charge in [-0.2, -0.15) is 4.98 Å². The first kappa shape index (κ1) is 23.3. The van der Waals surface area contributed by atoms with E-state index in [2.05, 4.69) is 82.7 Å². The molecule has 0 unspecified atom stereocenters. The average molecular weight is 472 g/mol. The molecule has 1 saturated carbocycles. The lowest BCUT2D eigenvalue weighted by molar-refractivity contribution is 0.0937. The van der Waals surface area contributed by atoms with Gasteiger partial charge >= 0.3 is 0 Å². The van der Waals surface area contributed by atoms with Gasteiger partial charge in [0.2, 0.25) is 5.89 Å². The molecule has 2 aromatic heterocycles. The van der Waals surface area contributed by atoms with Crippen LogP contribution in [0.25, 0.3) is 11.1 Å². The topological polar surface area (TPSA) is 84.2 Å². The van der Waals surface area contributed by atoms with Crippen LogP contribution in [0.1, 0.15) is 78.6 Å². The highest BCUT2D eigenvalue weighted by Gasteiger charge is 2.44. The summed E-state index contributed by atoms with van der Waals surface area (Å²) in [5, 5.41) is 6.80. The van der Waals surface area contributed by atoms with Crippen molar-refractivity contribution in [3.05, 3.63) is 77.3 Å². The molecule has 5 rings (SSSR count). The summed E-state index contributed by atoms with van der Waals surface area (Å²) in [4.78, 5) is 23.7. The Kier molecular flexibility index (Phi) is 6.41. The van der Waals surface area contributed by atoms with Gasteiger partial charge < -0.3 is 14.7 Å². The summed E-state index contributed by atoms with van der Waals surface area (Å²) in [6, 6.07) is 8.55. The molecule has 0 radical (unpaired) electrons. The Bertz CT molecular complexity index is 1240. The molecule has 0 bridgehead atoms. The summed E-state index contributed by atoms with van der Waals surface area (Å²) in [5.74, 6) is 0.805. The van der Waals surface area contributed by atoms with Crippen LogP contribution in [0.4, 0.5) is 0 Å². The van der Waals surface area contributed by atoms with Crippen molar-refractivity contribution in [2.75, 3.05) is 13.1 Å². The minimum absolute atomic E-state index is 0.0492. The number of benzene rings is 1. The van der Waals surface area contributed by atoms with E-state index in [-0.39, 0.29) is 17.1 Å². The minimum Gasteiger partial charge on any atom is -0.377 e. The summed E-state index contributed by atoms with van der Waals surface area (Å²) in [5.41, 5.74) is 5.86. The van der Waals surface area contributed by atoms with E-state index in [9.17, 15) is 4.79 Å². The van der Waals surface area contributed by atoms with E-state index in [1.807, 2.05) is 12.4 Å². The molecule has 1 N–H and O–H groups in total. The summed E-state index contributed by atoms with van der Waals surface area (Å²) < 4.78 is 5.30.